The van der Waals surface area contributed by atoms with Crippen molar-refractivity contribution in [1.82, 2.24) is 5.32 Å². The van der Waals surface area contributed by atoms with Crippen LogP contribution in [0.3, 0.4) is 0 Å². The van der Waals surface area contributed by atoms with Crippen LogP contribution in [0.1, 0.15) is 25.7 Å². The average Bonchev–Trinajstić information content (AvgIpc) is 2.42. The third-order valence-electron chi connectivity index (χ3n) is 3.92. The molecular formula is C11H17NO2. The monoisotopic (exact) mass is 195 g/mol. The molecule has 3 aliphatic heterocycles. The maximum Gasteiger partial charge on any atom is 0.143 e. The zero-order valence-corrected chi connectivity index (χ0v) is 8.37. The number of ether oxygens (including phenoxy) is 1. The molecule has 3 heterocycles. The first-order chi connectivity index (χ1) is 6.83. The molecule has 2 atom stereocenters. The van der Waals surface area contributed by atoms with E-state index in [1.54, 1.807) is 0 Å². The number of hydrogen-bond donors (Lipinski definition) is 1. The molecule has 1 N–H and O–H groups in total. The van der Waals surface area contributed by atoms with Gasteiger partial charge in [-0.3, -0.25) is 4.79 Å². The van der Waals surface area contributed by atoms with Crippen LogP contribution in [-0.4, -0.2) is 31.1 Å². The van der Waals surface area contributed by atoms with Gasteiger partial charge in [-0.15, -0.1) is 0 Å². The van der Waals surface area contributed by atoms with Gasteiger partial charge in [-0.1, -0.05) is 0 Å². The van der Waals surface area contributed by atoms with Crippen LogP contribution in [-0.2, 0) is 9.53 Å². The fraction of sp³-hybridized carbons (Fsp3) is 0.909. The van der Waals surface area contributed by atoms with Gasteiger partial charge in [-0.25, -0.2) is 0 Å². The number of Topliss-reactive ketones (excluding diaryl/α,β-unsaturated/α-hetero) is 1. The number of hydrogen-bond acceptors (Lipinski definition) is 3. The van der Waals surface area contributed by atoms with E-state index in [4.69, 9.17) is 4.74 Å². The minimum atomic E-state index is 0.234. The van der Waals surface area contributed by atoms with Crippen molar-refractivity contribution in [2.75, 3.05) is 13.2 Å². The lowest BCUT2D eigenvalue weighted by Gasteiger charge is -2.33. The highest BCUT2D eigenvalue weighted by Gasteiger charge is 2.40. The van der Waals surface area contributed by atoms with Crippen LogP contribution in [0.25, 0.3) is 0 Å². The molecule has 3 heteroatoms. The topological polar surface area (TPSA) is 38.3 Å². The smallest absolute Gasteiger partial charge is 0.143 e. The quantitative estimate of drug-likeness (QED) is 0.706. The summed E-state index contributed by atoms with van der Waals surface area (Å²) in [6.07, 6.45) is 4.70. The van der Waals surface area contributed by atoms with Crippen molar-refractivity contribution in [1.29, 1.82) is 0 Å². The molecule has 2 unspecified atom stereocenters. The lowest BCUT2D eigenvalue weighted by molar-refractivity contribution is -0.142. The van der Waals surface area contributed by atoms with E-state index in [0.29, 0.717) is 37.0 Å². The molecule has 0 saturated carbocycles. The SMILES string of the molecule is O=C(C1COC1)C1CC2CCC(C1)N2. The Morgan fingerprint density at radius 1 is 1.07 bits per heavy atom. The zero-order chi connectivity index (χ0) is 9.54. The summed E-state index contributed by atoms with van der Waals surface area (Å²) in [6, 6.07) is 1.26. The summed E-state index contributed by atoms with van der Waals surface area (Å²) in [5, 5.41) is 3.57. The van der Waals surface area contributed by atoms with Gasteiger partial charge in [0.2, 0.25) is 0 Å². The first kappa shape index (κ1) is 8.86. The van der Waals surface area contributed by atoms with Crippen molar-refractivity contribution < 1.29 is 9.53 Å². The Morgan fingerprint density at radius 2 is 1.71 bits per heavy atom. The summed E-state index contributed by atoms with van der Waals surface area (Å²) >= 11 is 0. The molecule has 0 amide bonds. The van der Waals surface area contributed by atoms with Gasteiger partial charge in [0.1, 0.15) is 5.78 Å². The lowest BCUT2D eigenvalue weighted by Crippen LogP contribution is -2.45. The Morgan fingerprint density at radius 3 is 2.21 bits per heavy atom. The van der Waals surface area contributed by atoms with Crippen LogP contribution in [0.15, 0.2) is 0 Å². The predicted octanol–water partition coefficient (Wildman–Crippen LogP) is 0.732. The number of piperidine rings is 1. The molecule has 3 nitrogen and oxygen atoms in total. The van der Waals surface area contributed by atoms with Crippen molar-refractivity contribution in [2.45, 2.75) is 37.8 Å². The summed E-state index contributed by atoms with van der Waals surface area (Å²) in [5.74, 6) is 1.05. The van der Waals surface area contributed by atoms with E-state index >= 15 is 0 Å². The van der Waals surface area contributed by atoms with Gasteiger partial charge in [0, 0.05) is 18.0 Å². The molecule has 3 fully saturated rings. The van der Waals surface area contributed by atoms with E-state index in [-0.39, 0.29) is 5.92 Å². The molecule has 2 bridgehead atoms. The van der Waals surface area contributed by atoms with Gasteiger partial charge < -0.3 is 10.1 Å². The molecule has 0 aromatic heterocycles. The Kier molecular flexibility index (Phi) is 2.10. The highest BCUT2D eigenvalue weighted by Crippen LogP contribution is 2.33. The molecule has 0 radical (unpaired) electrons. The number of ketones is 1. The van der Waals surface area contributed by atoms with Crippen LogP contribution < -0.4 is 5.32 Å². The molecule has 3 saturated heterocycles. The molecule has 78 valence electrons. The van der Waals surface area contributed by atoms with Crippen molar-refractivity contribution in [3.05, 3.63) is 0 Å². The molecule has 0 aliphatic carbocycles. The maximum absolute atomic E-state index is 12.0. The first-order valence-corrected chi connectivity index (χ1v) is 5.70. The Labute approximate surface area is 84.2 Å². The molecule has 0 aromatic rings. The third kappa shape index (κ3) is 1.39. The molecule has 3 aliphatic rings. The highest BCUT2D eigenvalue weighted by atomic mass is 16.5. The minimum Gasteiger partial charge on any atom is -0.380 e. The van der Waals surface area contributed by atoms with E-state index in [1.165, 1.54) is 12.8 Å². The summed E-state index contributed by atoms with van der Waals surface area (Å²) < 4.78 is 5.08. The summed E-state index contributed by atoms with van der Waals surface area (Å²) in [7, 11) is 0. The number of fused-ring (bicyclic) bond motifs is 2. The van der Waals surface area contributed by atoms with Crippen LogP contribution in [0.5, 0.6) is 0 Å². The van der Waals surface area contributed by atoms with Crippen LogP contribution in [0.2, 0.25) is 0 Å². The van der Waals surface area contributed by atoms with Crippen molar-refractivity contribution >= 4 is 5.78 Å². The zero-order valence-electron chi connectivity index (χ0n) is 8.37. The number of carbonyl (C=O) groups excluding carboxylic acids is 1. The summed E-state index contributed by atoms with van der Waals surface area (Å²) in [4.78, 5) is 12.0. The van der Waals surface area contributed by atoms with E-state index in [9.17, 15) is 4.79 Å². The highest BCUT2D eigenvalue weighted by molar-refractivity contribution is 5.84. The fourth-order valence-electron chi connectivity index (χ4n) is 3.02. The van der Waals surface area contributed by atoms with Gasteiger partial charge in [-0.05, 0) is 25.7 Å². The number of carbonyl (C=O) groups is 1. The Bertz CT molecular complexity index is 238. The van der Waals surface area contributed by atoms with Gasteiger partial charge in [0.05, 0.1) is 19.1 Å². The summed E-state index contributed by atoms with van der Waals surface area (Å²) in [5.41, 5.74) is 0. The number of nitrogens with one attached hydrogen (secondary N) is 1. The number of rotatable bonds is 2. The second-order valence-electron chi connectivity index (χ2n) is 4.94. The van der Waals surface area contributed by atoms with Crippen molar-refractivity contribution in [2.24, 2.45) is 11.8 Å². The maximum atomic E-state index is 12.0. The molecular weight excluding hydrogens is 178 g/mol. The van der Waals surface area contributed by atoms with Crippen molar-refractivity contribution in [3.63, 3.8) is 0 Å². The normalized spacial score (nSPS) is 42.1. The van der Waals surface area contributed by atoms with Gasteiger partial charge >= 0.3 is 0 Å². The van der Waals surface area contributed by atoms with Gasteiger partial charge in [0.25, 0.3) is 0 Å². The lowest BCUT2D eigenvalue weighted by atomic mass is 9.83. The van der Waals surface area contributed by atoms with E-state index in [2.05, 4.69) is 5.32 Å². The van der Waals surface area contributed by atoms with Crippen LogP contribution in [0.4, 0.5) is 0 Å². The predicted molar refractivity (Wildman–Crippen MR) is 52.0 cm³/mol. The Hall–Kier alpha value is -0.410. The first-order valence-electron chi connectivity index (χ1n) is 5.70. The average molecular weight is 195 g/mol. The fourth-order valence-corrected chi connectivity index (χ4v) is 3.02. The second-order valence-corrected chi connectivity index (χ2v) is 4.94. The summed E-state index contributed by atoms with van der Waals surface area (Å²) in [6.45, 7) is 1.36. The third-order valence-corrected chi connectivity index (χ3v) is 3.92. The van der Waals surface area contributed by atoms with E-state index < -0.39 is 0 Å². The molecule has 3 rings (SSSR count). The standard InChI is InChI=1S/C11H17NO2/c13-11(8-5-14-6-8)7-3-9-1-2-10(4-7)12-9/h7-10,12H,1-6H2. The van der Waals surface area contributed by atoms with E-state index in [0.717, 1.165) is 12.8 Å². The molecule has 0 spiro atoms. The van der Waals surface area contributed by atoms with Crippen LogP contribution in [0, 0.1) is 11.8 Å². The second kappa shape index (κ2) is 3.31. The van der Waals surface area contributed by atoms with Crippen LogP contribution >= 0.6 is 0 Å². The minimum absolute atomic E-state index is 0.234. The molecule has 0 aromatic carbocycles. The Balaban J connectivity index is 1.64. The van der Waals surface area contributed by atoms with Crippen molar-refractivity contribution in [3.8, 4) is 0 Å². The van der Waals surface area contributed by atoms with Gasteiger partial charge in [0.15, 0.2) is 0 Å². The van der Waals surface area contributed by atoms with Gasteiger partial charge in [-0.2, -0.15) is 0 Å². The largest absolute Gasteiger partial charge is 0.380 e. The van der Waals surface area contributed by atoms with E-state index in [1.807, 2.05) is 0 Å². The molecule has 14 heavy (non-hydrogen) atoms.